The minimum Gasteiger partial charge on any atom is -0.385 e. The Hall–Kier alpha value is -3.52. The number of carbonyl (C=O) groups excluding carboxylic acids is 1. The van der Waals surface area contributed by atoms with Crippen LogP contribution >= 0.6 is 7.14 Å². The highest BCUT2D eigenvalue weighted by atomic mass is 31.2. The molecule has 3 nitrogen and oxygen atoms in total. The first-order chi connectivity index (χ1) is 16.9. The van der Waals surface area contributed by atoms with E-state index < -0.39 is 12.7 Å². The van der Waals surface area contributed by atoms with Gasteiger partial charge >= 0.3 is 0 Å². The number of aliphatic hydroxyl groups is 1. The number of allylic oxidation sites excluding steroid dienone is 1. The van der Waals surface area contributed by atoms with E-state index in [2.05, 4.69) is 0 Å². The van der Waals surface area contributed by atoms with Crippen LogP contribution in [0.4, 0.5) is 0 Å². The van der Waals surface area contributed by atoms with Gasteiger partial charge in [0.05, 0.1) is 5.60 Å². The normalized spacial score (nSPS) is 15.3. The third-order valence-electron chi connectivity index (χ3n) is 6.56. The Morgan fingerprint density at radius 1 is 0.714 bits per heavy atom. The van der Waals surface area contributed by atoms with Gasteiger partial charge in [0.25, 0.3) is 0 Å². The lowest BCUT2D eigenvalue weighted by Gasteiger charge is -2.29. The van der Waals surface area contributed by atoms with Gasteiger partial charge in [-0.1, -0.05) is 121 Å². The molecule has 0 spiro atoms. The van der Waals surface area contributed by atoms with Crippen LogP contribution in [0.3, 0.4) is 0 Å². The quantitative estimate of drug-likeness (QED) is 0.150. The molecule has 4 heteroatoms. The molecule has 0 aromatic heterocycles. The summed E-state index contributed by atoms with van der Waals surface area (Å²) >= 11 is 0. The maximum Gasteiger partial charge on any atom is 0.194 e. The van der Waals surface area contributed by atoms with E-state index >= 15 is 4.57 Å². The maximum atomic E-state index is 15.4. The van der Waals surface area contributed by atoms with Crippen molar-refractivity contribution in [2.75, 3.05) is 0 Å². The average Bonchev–Trinajstić information content (AvgIpc) is 3.66. The first-order valence-electron chi connectivity index (χ1n) is 11.8. The number of rotatable bonds is 7. The fourth-order valence-corrected chi connectivity index (χ4v) is 7.90. The van der Waals surface area contributed by atoms with Crippen molar-refractivity contribution >= 4 is 29.1 Å². The zero-order valence-corrected chi connectivity index (χ0v) is 20.5. The second-order valence-electron chi connectivity index (χ2n) is 9.10. The Labute approximate surface area is 206 Å². The van der Waals surface area contributed by atoms with Crippen molar-refractivity contribution in [3.8, 4) is 0 Å². The molecule has 1 fully saturated rings. The number of hydrogen-bond acceptors (Lipinski definition) is 3. The lowest BCUT2D eigenvalue weighted by molar-refractivity contribution is 0.105. The summed E-state index contributed by atoms with van der Waals surface area (Å²) in [5, 5.41) is 13.3. The van der Waals surface area contributed by atoms with Gasteiger partial charge < -0.3 is 9.67 Å². The van der Waals surface area contributed by atoms with Crippen LogP contribution in [0.1, 0.15) is 34.3 Å². The standard InChI is InChI=1S/C31H27O3P/c1-23-17-19-25(20-18-23)29(32)28(24-11-5-2-6-12-24)30(31(33)21-22-31)35(34,26-13-7-3-8-14-26)27-15-9-4-10-16-27/h2-20,33H,21-22H2,1H3/b30-28-/i34+2. The number of aryl methyl sites for hydroxylation is 1. The lowest BCUT2D eigenvalue weighted by Crippen LogP contribution is -2.27. The molecule has 174 valence electrons. The van der Waals surface area contributed by atoms with Gasteiger partial charge in [0, 0.05) is 27.1 Å². The number of Topliss-reactive ketones (excluding diaryl/α,β-unsaturated/α-hetero) is 1. The van der Waals surface area contributed by atoms with Crippen molar-refractivity contribution < 1.29 is 14.5 Å². The van der Waals surface area contributed by atoms with Gasteiger partial charge in [-0.3, -0.25) is 4.79 Å². The fraction of sp³-hybridized carbons (Fsp3) is 0.129. The predicted octanol–water partition coefficient (Wildman–Crippen LogP) is 6.13. The second-order valence-corrected chi connectivity index (χ2v) is 11.8. The Morgan fingerprint density at radius 2 is 1.17 bits per heavy atom. The van der Waals surface area contributed by atoms with Crippen molar-refractivity contribution in [2.24, 2.45) is 0 Å². The van der Waals surface area contributed by atoms with E-state index in [1.807, 2.05) is 110 Å². The summed E-state index contributed by atoms with van der Waals surface area (Å²) in [6, 6.07) is 35.2. The molecule has 1 aliphatic rings. The van der Waals surface area contributed by atoms with Crippen LogP contribution in [-0.4, -0.2) is 16.5 Å². The molecule has 0 aliphatic heterocycles. The molecule has 4 aromatic rings. The summed E-state index contributed by atoms with van der Waals surface area (Å²) in [4.78, 5) is 14.2. The van der Waals surface area contributed by atoms with E-state index in [4.69, 9.17) is 0 Å². The van der Waals surface area contributed by atoms with Crippen LogP contribution in [0.25, 0.3) is 5.57 Å². The molecular weight excluding hydrogens is 453 g/mol. The average molecular weight is 481 g/mol. The Morgan fingerprint density at radius 3 is 1.63 bits per heavy atom. The zero-order chi connectivity index (χ0) is 24.5. The summed E-state index contributed by atoms with van der Waals surface area (Å²) in [7, 11) is -3.59. The van der Waals surface area contributed by atoms with Crippen LogP contribution in [0.2, 0.25) is 0 Å². The summed E-state index contributed by atoms with van der Waals surface area (Å²) in [6.07, 6.45) is 0.924. The third-order valence-corrected chi connectivity index (χ3v) is 9.88. The summed E-state index contributed by atoms with van der Waals surface area (Å²) < 4.78 is 15.4. The molecule has 4 aromatic carbocycles. The molecule has 5 rings (SSSR count). The number of carbonyl (C=O) groups is 1. The second kappa shape index (κ2) is 9.26. The van der Waals surface area contributed by atoms with Crippen molar-refractivity contribution in [2.45, 2.75) is 25.4 Å². The SMILES string of the molecule is Cc1ccc(C(=O)/C(=C(/C2(O)CC2)P(=[18O])(c2ccccc2)c2ccccc2)c2ccccc2)cc1. The molecule has 0 heterocycles. The Balaban J connectivity index is 1.89. The summed E-state index contributed by atoms with van der Waals surface area (Å²) in [5.41, 5.74) is 1.22. The predicted molar refractivity (Wildman–Crippen MR) is 143 cm³/mol. The molecule has 1 saturated carbocycles. The first kappa shape index (κ1) is 23.2. The summed E-state index contributed by atoms with van der Waals surface area (Å²) in [5.74, 6) is -0.237. The van der Waals surface area contributed by atoms with E-state index in [1.165, 1.54) is 0 Å². The molecule has 0 atom stereocenters. The minimum atomic E-state index is -3.59. The monoisotopic (exact) mass is 480 g/mol. The van der Waals surface area contributed by atoms with Crippen molar-refractivity contribution in [1.82, 2.24) is 0 Å². The van der Waals surface area contributed by atoms with Gasteiger partial charge in [0.2, 0.25) is 0 Å². The van der Waals surface area contributed by atoms with Gasteiger partial charge in [0.15, 0.2) is 12.9 Å². The van der Waals surface area contributed by atoms with Crippen molar-refractivity contribution in [1.29, 1.82) is 0 Å². The van der Waals surface area contributed by atoms with Gasteiger partial charge in [-0.15, -0.1) is 0 Å². The van der Waals surface area contributed by atoms with E-state index in [1.54, 1.807) is 12.1 Å². The molecule has 0 saturated heterocycles. The van der Waals surface area contributed by atoms with Crippen LogP contribution in [-0.2, 0) is 4.57 Å². The number of hydrogen-bond donors (Lipinski definition) is 1. The summed E-state index contributed by atoms with van der Waals surface area (Å²) in [6.45, 7) is 1.97. The van der Waals surface area contributed by atoms with E-state index in [-0.39, 0.29) is 5.78 Å². The maximum absolute atomic E-state index is 15.4. The van der Waals surface area contributed by atoms with Gasteiger partial charge in [-0.25, -0.2) is 0 Å². The van der Waals surface area contributed by atoms with Crippen molar-refractivity contribution in [3.05, 3.63) is 137 Å². The Bertz CT molecular complexity index is 1380. The smallest absolute Gasteiger partial charge is 0.194 e. The minimum absolute atomic E-state index is 0.237. The molecule has 0 unspecified atom stereocenters. The molecule has 35 heavy (non-hydrogen) atoms. The molecule has 0 bridgehead atoms. The number of ketones is 1. The third kappa shape index (κ3) is 4.34. The number of benzene rings is 4. The topological polar surface area (TPSA) is 54.4 Å². The van der Waals surface area contributed by atoms with Crippen LogP contribution in [0, 0.1) is 6.92 Å². The Kier molecular flexibility index (Phi) is 6.15. The van der Waals surface area contributed by atoms with Crippen LogP contribution in [0.5, 0.6) is 0 Å². The largest absolute Gasteiger partial charge is 0.385 e. The van der Waals surface area contributed by atoms with Gasteiger partial charge in [-0.2, -0.15) is 0 Å². The molecule has 1 aliphatic carbocycles. The highest BCUT2D eigenvalue weighted by Crippen LogP contribution is 2.64. The van der Waals surface area contributed by atoms with E-state index in [0.717, 1.165) is 5.56 Å². The molecule has 0 amide bonds. The van der Waals surface area contributed by atoms with Crippen LogP contribution < -0.4 is 10.6 Å². The first-order valence-corrected chi connectivity index (χ1v) is 13.5. The fourth-order valence-electron chi connectivity index (χ4n) is 4.55. The molecule has 1 N–H and O–H groups in total. The van der Waals surface area contributed by atoms with Crippen LogP contribution in [0.15, 0.2) is 121 Å². The van der Waals surface area contributed by atoms with E-state index in [9.17, 15) is 9.90 Å². The van der Waals surface area contributed by atoms with Crippen molar-refractivity contribution in [3.63, 3.8) is 0 Å². The lowest BCUT2D eigenvalue weighted by atomic mass is 9.94. The molecular formula is C31H27O3P. The molecule has 0 radical (unpaired) electrons. The zero-order valence-electron chi connectivity index (χ0n) is 19.6. The van der Waals surface area contributed by atoms with E-state index in [0.29, 0.717) is 45.5 Å². The highest BCUT2D eigenvalue weighted by Gasteiger charge is 2.54. The highest BCUT2D eigenvalue weighted by molar-refractivity contribution is 7.82. The van der Waals surface area contributed by atoms with Gasteiger partial charge in [-0.05, 0) is 25.3 Å². The van der Waals surface area contributed by atoms with Gasteiger partial charge in [0.1, 0.15) is 0 Å².